The van der Waals surface area contributed by atoms with Gasteiger partial charge in [-0.15, -0.1) is 0 Å². The first-order chi connectivity index (χ1) is 12.6. The Balaban J connectivity index is 1.35. The normalized spacial score (nSPS) is 34.6. The van der Waals surface area contributed by atoms with E-state index in [4.69, 9.17) is 9.47 Å². The number of hydrogen-bond acceptors (Lipinski definition) is 4. The van der Waals surface area contributed by atoms with Crippen LogP contribution in [0.15, 0.2) is 47.9 Å². The Morgan fingerprint density at radius 2 is 1.77 bits per heavy atom. The van der Waals surface area contributed by atoms with Crippen molar-refractivity contribution in [3.8, 4) is 0 Å². The summed E-state index contributed by atoms with van der Waals surface area (Å²) >= 11 is 1.76. The first-order valence-electron chi connectivity index (χ1n) is 9.65. The van der Waals surface area contributed by atoms with Crippen molar-refractivity contribution in [1.82, 2.24) is 0 Å². The Hall–Kier alpha value is -1.26. The molecule has 2 atom stereocenters. The summed E-state index contributed by atoms with van der Waals surface area (Å²) in [4.78, 5) is 12.8. The fourth-order valence-corrected chi connectivity index (χ4v) is 6.81. The second kappa shape index (κ2) is 7.40. The molecule has 5 rings (SSSR count). The molecule has 0 N–H and O–H groups in total. The number of esters is 1. The Morgan fingerprint density at radius 1 is 1.12 bits per heavy atom. The topological polar surface area (TPSA) is 35.5 Å². The first kappa shape index (κ1) is 18.1. The van der Waals surface area contributed by atoms with E-state index in [9.17, 15) is 4.79 Å². The maximum atomic E-state index is 11.6. The summed E-state index contributed by atoms with van der Waals surface area (Å²) in [6.07, 6.45) is 8.79. The van der Waals surface area contributed by atoms with E-state index in [1.807, 2.05) is 6.07 Å². The van der Waals surface area contributed by atoms with Crippen LogP contribution in [-0.2, 0) is 14.3 Å². The SMILES string of the molecule is C=CC(=O)OCC12CC3CC(CC(COCSc4ccccc4)(C3)C1)C2. The number of thioether (sulfide) groups is 1. The summed E-state index contributed by atoms with van der Waals surface area (Å²) in [5, 5.41) is 0. The molecule has 0 heterocycles. The average Bonchev–Trinajstić information content (AvgIpc) is 2.63. The quantitative estimate of drug-likeness (QED) is 0.210. The standard InChI is InChI=1S/C22H28O3S/c1-2-20(23)25-15-22-11-17-8-18(12-22)10-21(9-17,13-22)14-24-16-26-19-6-4-3-5-7-19/h2-7,17-18H,1,8-16H2. The van der Waals surface area contributed by atoms with Crippen molar-refractivity contribution < 1.29 is 14.3 Å². The smallest absolute Gasteiger partial charge is 0.330 e. The van der Waals surface area contributed by atoms with E-state index < -0.39 is 0 Å². The lowest BCUT2D eigenvalue weighted by atomic mass is 9.44. The van der Waals surface area contributed by atoms with Crippen LogP contribution in [0.3, 0.4) is 0 Å². The molecule has 4 aliphatic rings. The van der Waals surface area contributed by atoms with Crippen molar-refractivity contribution in [2.45, 2.75) is 43.4 Å². The van der Waals surface area contributed by atoms with E-state index in [0.717, 1.165) is 24.9 Å². The fraction of sp³-hybridized carbons (Fsp3) is 0.591. The highest BCUT2D eigenvalue weighted by Gasteiger charge is 2.58. The highest BCUT2D eigenvalue weighted by atomic mass is 32.2. The molecule has 140 valence electrons. The van der Waals surface area contributed by atoms with Crippen LogP contribution in [-0.4, -0.2) is 25.1 Å². The minimum absolute atomic E-state index is 0.179. The average molecular weight is 373 g/mol. The number of carbonyl (C=O) groups is 1. The van der Waals surface area contributed by atoms with Gasteiger partial charge in [0.15, 0.2) is 0 Å². The third-order valence-electron chi connectivity index (χ3n) is 6.45. The number of carbonyl (C=O) groups excluding carboxylic acids is 1. The summed E-state index contributed by atoms with van der Waals surface area (Å²) in [5.74, 6) is 1.98. The number of hydrogen-bond donors (Lipinski definition) is 0. The van der Waals surface area contributed by atoms with Gasteiger partial charge in [-0.1, -0.05) is 36.5 Å². The van der Waals surface area contributed by atoms with Gasteiger partial charge in [-0.25, -0.2) is 4.79 Å². The van der Waals surface area contributed by atoms with Gasteiger partial charge in [0.25, 0.3) is 0 Å². The molecule has 0 radical (unpaired) electrons. The molecular weight excluding hydrogens is 344 g/mol. The van der Waals surface area contributed by atoms with Gasteiger partial charge in [-0.3, -0.25) is 0 Å². The molecule has 2 unspecified atom stereocenters. The van der Waals surface area contributed by atoms with Gasteiger partial charge in [0, 0.05) is 16.4 Å². The molecule has 0 amide bonds. The van der Waals surface area contributed by atoms with Crippen molar-refractivity contribution >= 4 is 17.7 Å². The Labute approximate surface area is 160 Å². The molecule has 0 aromatic heterocycles. The Bertz CT molecular complexity index is 643. The first-order valence-corrected chi connectivity index (χ1v) is 10.6. The maximum absolute atomic E-state index is 11.6. The molecule has 26 heavy (non-hydrogen) atoms. The molecule has 0 spiro atoms. The highest BCUT2D eigenvalue weighted by molar-refractivity contribution is 7.99. The molecule has 4 heteroatoms. The molecule has 4 saturated carbocycles. The van der Waals surface area contributed by atoms with Crippen LogP contribution in [0.2, 0.25) is 0 Å². The number of ether oxygens (including phenoxy) is 2. The predicted molar refractivity (Wildman–Crippen MR) is 104 cm³/mol. The van der Waals surface area contributed by atoms with Crippen LogP contribution in [0, 0.1) is 22.7 Å². The predicted octanol–water partition coefficient (Wildman–Crippen LogP) is 5.07. The third kappa shape index (κ3) is 3.86. The molecule has 4 aliphatic carbocycles. The lowest BCUT2D eigenvalue weighted by Gasteiger charge is -2.61. The van der Waals surface area contributed by atoms with Gasteiger partial charge in [0.05, 0.1) is 19.2 Å². The third-order valence-corrected chi connectivity index (χ3v) is 7.34. The molecule has 0 aliphatic heterocycles. The Kier molecular flexibility index (Phi) is 5.15. The minimum Gasteiger partial charge on any atom is -0.462 e. The Morgan fingerprint density at radius 3 is 2.42 bits per heavy atom. The van der Waals surface area contributed by atoms with Crippen molar-refractivity contribution in [3.63, 3.8) is 0 Å². The van der Waals surface area contributed by atoms with E-state index in [1.54, 1.807) is 11.8 Å². The summed E-state index contributed by atoms with van der Waals surface area (Å²) in [6.45, 7) is 4.92. The van der Waals surface area contributed by atoms with Crippen molar-refractivity contribution in [2.75, 3.05) is 19.2 Å². The second-order valence-corrected chi connectivity index (χ2v) is 9.69. The molecule has 1 aromatic rings. The van der Waals surface area contributed by atoms with Gasteiger partial charge in [0.1, 0.15) is 0 Å². The van der Waals surface area contributed by atoms with Crippen molar-refractivity contribution in [1.29, 1.82) is 0 Å². The zero-order valence-corrected chi connectivity index (χ0v) is 16.1. The van der Waals surface area contributed by atoms with Gasteiger partial charge in [-0.05, 0) is 67.9 Å². The van der Waals surface area contributed by atoms with Gasteiger partial charge < -0.3 is 9.47 Å². The van der Waals surface area contributed by atoms with Crippen LogP contribution < -0.4 is 0 Å². The lowest BCUT2D eigenvalue weighted by Crippen LogP contribution is -2.55. The zero-order chi connectivity index (χ0) is 18.0. The second-order valence-electron chi connectivity index (χ2n) is 8.70. The van der Waals surface area contributed by atoms with Crippen LogP contribution in [0.4, 0.5) is 0 Å². The highest BCUT2D eigenvalue weighted by Crippen LogP contribution is 2.65. The lowest BCUT2D eigenvalue weighted by molar-refractivity contribution is -0.168. The van der Waals surface area contributed by atoms with E-state index in [2.05, 4.69) is 30.8 Å². The largest absolute Gasteiger partial charge is 0.462 e. The van der Waals surface area contributed by atoms with Crippen molar-refractivity contribution in [2.24, 2.45) is 22.7 Å². The zero-order valence-electron chi connectivity index (χ0n) is 15.3. The van der Waals surface area contributed by atoms with E-state index >= 15 is 0 Å². The molecule has 0 saturated heterocycles. The van der Waals surface area contributed by atoms with Gasteiger partial charge >= 0.3 is 5.97 Å². The van der Waals surface area contributed by atoms with Crippen LogP contribution in [0.25, 0.3) is 0 Å². The minimum atomic E-state index is -0.287. The van der Waals surface area contributed by atoms with E-state index in [0.29, 0.717) is 18.0 Å². The van der Waals surface area contributed by atoms with E-state index in [-0.39, 0.29) is 11.4 Å². The van der Waals surface area contributed by atoms with Crippen LogP contribution in [0.5, 0.6) is 0 Å². The summed E-state index contributed by atoms with van der Waals surface area (Å²) < 4.78 is 11.7. The summed E-state index contributed by atoms with van der Waals surface area (Å²) in [6, 6.07) is 10.4. The van der Waals surface area contributed by atoms with Crippen LogP contribution in [0.1, 0.15) is 38.5 Å². The monoisotopic (exact) mass is 372 g/mol. The number of benzene rings is 1. The maximum Gasteiger partial charge on any atom is 0.330 e. The van der Waals surface area contributed by atoms with Gasteiger partial charge in [0.2, 0.25) is 0 Å². The summed E-state index contributed by atoms with van der Waals surface area (Å²) in [7, 11) is 0. The molecule has 1 aromatic carbocycles. The van der Waals surface area contributed by atoms with Crippen molar-refractivity contribution in [3.05, 3.63) is 43.0 Å². The van der Waals surface area contributed by atoms with E-state index in [1.165, 1.54) is 43.1 Å². The fourth-order valence-electron chi connectivity index (χ4n) is 6.15. The molecule has 4 bridgehead atoms. The van der Waals surface area contributed by atoms with Crippen LogP contribution >= 0.6 is 11.8 Å². The van der Waals surface area contributed by atoms with Gasteiger partial charge in [-0.2, -0.15) is 0 Å². The molecular formula is C22H28O3S. The number of rotatable bonds is 8. The summed E-state index contributed by atoms with van der Waals surface area (Å²) in [5.41, 5.74) is 0.473. The molecule has 4 fully saturated rings. The molecule has 3 nitrogen and oxygen atoms in total.